The van der Waals surface area contributed by atoms with Crippen LogP contribution in [0.2, 0.25) is 0 Å². The van der Waals surface area contributed by atoms with Crippen LogP contribution in [0.4, 0.5) is 0 Å². The predicted molar refractivity (Wildman–Crippen MR) is 69.1 cm³/mol. The molecule has 0 aromatic heterocycles. The molecule has 96 valence electrons. The summed E-state index contributed by atoms with van der Waals surface area (Å²) in [7, 11) is 1.54. The van der Waals surface area contributed by atoms with E-state index in [2.05, 4.69) is 0 Å². The van der Waals surface area contributed by atoms with Gasteiger partial charge in [0, 0.05) is 12.7 Å². The molecule has 0 fully saturated rings. The molecule has 0 aliphatic heterocycles. The van der Waals surface area contributed by atoms with Gasteiger partial charge in [-0.3, -0.25) is 4.79 Å². The number of carbonyl (C=O) groups excluding carboxylic acids is 1. The molecular formula is C15H18O3. The molecule has 1 unspecified atom stereocenters. The number of carbonyl (C=O) groups is 1. The number of rotatable bonds is 4. The molecule has 2 rings (SSSR count). The van der Waals surface area contributed by atoms with E-state index < -0.39 is 5.60 Å². The summed E-state index contributed by atoms with van der Waals surface area (Å²) in [4.78, 5) is 12.2. The Morgan fingerprint density at radius 2 is 1.78 bits per heavy atom. The van der Waals surface area contributed by atoms with Gasteiger partial charge in [0.05, 0.1) is 6.10 Å². The van der Waals surface area contributed by atoms with E-state index in [0.29, 0.717) is 11.3 Å². The molecule has 1 atom stereocenters. The van der Waals surface area contributed by atoms with Crippen LogP contribution >= 0.6 is 0 Å². The van der Waals surface area contributed by atoms with Gasteiger partial charge in [-0.2, -0.15) is 0 Å². The molecule has 0 N–H and O–H groups in total. The largest absolute Gasteiger partial charge is 0.491 e. The maximum absolute atomic E-state index is 12.2. The predicted octanol–water partition coefficient (Wildman–Crippen LogP) is 2.81. The van der Waals surface area contributed by atoms with Gasteiger partial charge < -0.3 is 9.47 Å². The van der Waals surface area contributed by atoms with Crippen LogP contribution in [0.3, 0.4) is 0 Å². The van der Waals surface area contributed by atoms with Crippen LogP contribution in [0, 0.1) is 0 Å². The maximum Gasteiger partial charge on any atom is 0.213 e. The summed E-state index contributed by atoms with van der Waals surface area (Å²) in [6.45, 7) is 5.66. The molecule has 0 saturated heterocycles. The van der Waals surface area contributed by atoms with Crippen LogP contribution in [0.15, 0.2) is 41.7 Å². The zero-order valence-electron chi connectivity index (χ0n) is 11.2. The highest BCUT2D eigenvalue weighted by atomic mass is 16.6. The van der Waals surface area contributed by atoms with Crippen LogP contribution in [0.1, 0.15) is 26.3 Å². The number of hydrogen-bond acceptors (Lipinski definition) is 3. The normalized spacial score (nSPS) is 23.3. The molecule has 3 heteroatoms. The third kappa shape index (κ3) is 1.66. The molecule has 0 bridgehead atoms. The Morgan fingerprint density at radius 3 is 2.28 bits per heavy atom. The van der Waals surface area contributed by atoms with Crippen LogP contribution in [-0.2, 0) is 19.9 Å². The zero-order valence-corrected chi connectivity index (χ0v) is 11.2. The Bertz CT molecular complexity index is 488. The number of Topliss-reactive ketones (excluding diaryl/α,β-unsaturated/α-hetero) is 1. The van der Waals surface area contributed by atoms with E-state index in [9.17, 15) is 4.79 Å². The lowest BCUT2D eigenvalue weighted by Crippen LogP contribution is -2.50. The van der Waals surface area contributed by atoms with Crippen molar-refractivity contribution in [1.82, 2.24) is 0 Å². The fraction of sp³-hybridized carbons (Fsp3) is 0.400. The summed E-state index contributed by atoms with van der Waals surface area (Å²) < 4.78 is 11.3. The molecule has 1 aromatic rings. The summed E-state index contributed by atoms with van der Waals surface area (Å²) in [5.41, 5.74) is 0.420. The number of benzene rings is 1. The summed E-state index contributed by atoms with van der Waals surface area (Å²) in [5.74, 6) is 0.614. The van der Waals surface area contributed by atoms with Crippen molar-refractivity contribution in [2.45, 2.75) is 32.5 Å². The molecule has 0 heterocycles. The first-order chi connectivity index (χ1) is 8.54. The molecule has 1 aromatic carbocycles. The second-order valence-corrected chi connectivity index (χ2v) is 4.70. The first kappa shape index (κ1) is 12.8. The summed E-state index contributed by atoms with van der Waals surface area (Å²) in [5, 5.41) is 0. The summed E-state index contributed by atoms with van der Waals surface area (Å²) in [6.07, 6.45) is 0.0151. The third-order valence-electron chi connectivity index (χ3n) is 3.16. The van der Waals surface area contributed by atoms with Crippen LogP contribution in [0.5, 0.6) is 0 Å². The molecule has 0 radical (unpaired) electrons. The number of methoxy groups -OCH3 is 1. The second-order valence-electron chi connectivity index (χ2n) is 4.70. The van der Waals surface area contributed by atoms with E-state index in [0.717, 1.165) is 5.56 Å². The number of hydrogen-bond donors (Lipinski definition) is 0. The van der Waals surface area contributed by atoms with Gasteiger partial charge in [0.15, 0.2) is 0 Å². The van der Waals surface area contributed by atoms with Crippen LogP contribution in [-0.4, -0.2) is 19.0 Å². The number of ether oxygens (including phenoxy) is 2. The van der Waals surface area contributed by atoms with Gasteiger partial charge >= 0.3 is 0 Å². The van der Waals surface area contributed by atoms with E-state index in [4.69, 9.17) is 9.47 Å². The highest BCUT2D eigenvalue weighted by molar-refractivity contribution is 6.11. The van der Waals surface area contributed by atoms with Gasteiger partial charge in [-0.05, 0) is 26.3 Å². The number of ketones is 1. The van der Waals surface area contributed by atoms with Gasteiger partial charge in [0.1, 0.15) is 5.76 Å². The smallest absolute Gasteiger partial charge is 0.213 e. The van der Waals surface area contributed by atoms with Crippen LogP contribution in [0.25, 0.3) is 0 Å². The molecule has 1 aliphatic carbocycles. The lowest BCUT2D eigenvalue weighted by molar-refractivity contribution is -0.147. The molecule has 0 saturated carbocycles. The summed E-state index contributed by atoms with van der Waals surface area (Å²) in [6, 6.07) is 9.47. The monoisotopic (exact) mass is 246 g/mol. The van der Waals surface area contributed by atoms with Crippen molar-refractivity contribution in [3.63, 3.8) is 0 Å². The van der Waals surface area contributed by atoms with Gasteiger partial charge in [0.25, 0.3) is 0 Å². The van der Waals surface area contributed by atoms with Crippen molar-refractivity contribution < 1.29 is 14.3 Å². The maximum atomic E-state index is 12.2. The molecule has 1 aliphatic rings. The topological polar surface area (TPSA) is 35.5 Å². The summed E-state index contributed by atoms with van der Waals surface area (Å²) >= 11 is 0. The minimum atomic E-state index is -1.05. The lowest BCUT2D eigenvalue weighted by Gasteiger charge is -2.42. The van der Waals surface area contributed by atoms with E-state index in [1.54, 1.807) is 14.0 Å². The SMILES string of the molecule is COC1(c2ccccc2)C(=O)C(C)=C1OC(C)C. The molecule has 3 nitrogen and oxygen atoms in total. The highest BCUT2D eigenvalue weighted by Crippen LogP contribution is 2.46. The van der Waals surface area contributed by atoms with Gasteiger partial charge in [0.2, 0.25) is 11.4 Å². The van der Waals surface area contributed by atoms with Crippen molar-refractivity contribution >= 4 is 5.78 Å². The van der Waals surface area contributed by atoms with Crippen molar-refractivity contribution in [3.05, 3.63) is 47.2 Å². The Morgan fingerprint density at radius 1 is 1.17 bits per heavy atom. The standard InChI is InChI=1S/C15H18O3/c1-10(2)18-14-11(3)13(16)15(14,17-4)12-8-6-5-7-9-12/h5-10H,1-4H3. The van der Waals surface area contributed by atoms with E-state index in [-0.39, 0.29) is 11.9 Å². The van der Waals surface area contributed by atoms with Crippen molar-refractivity contribution in [2.24, 2.45) is 0 Å². The first-order valence-electron chi connectivity index (χ1n) is 6.07. The van der Waals surface area contributed by atoms with Crippen molar-refractivity contribution in [1.29, 1.82) is 0 Å². The van der Waals surface area contributed by atoms with E-state index in [1.165, 1.54) is 0 Å². The first-order valence-corrected chi connectivity index (χ1v) is 6.07. The highest BCUT2D eigenvalue weighted by Gasteiger charge is 2.56. The average Bonchev–Trinajstić information content (AvgIpc) is 2.39. The minimum absolute atomic E-state index is 0.0151. The molecular weight excluding hydrogens is 228 g/mol. The Kier molecular flexibility index (Phi) is 3.26. The quantitative estimate of drug-likeness (QED) is 0.819. The second kappa shape index (κ2) is 4.58. The average molecular weight is 246 g/mol. The van der Waals surface area contributed by atoms with Crippen LogP contribution < -0.4 is 0 Å². The van der Waals surface area contributed by atoms with Crippen molar-refractivity contribution in [2.75, 3.05) is 7.11 Å². The van der Waals surface area contributed by atoms with E-state index in [1.807, 2.05) is 44.2 Å². The fourth-order valence-electron chi connectivity index (χ4n) is 2.32. The molecule has 0 amide bonds. The lowest BCUT2D eigenvalue weighted by atomic mass is 9.73. The minimum Gasteiger partial charge on any atom is -0.491 e. The van der Waals surface area contributed by atoms with Gasteiger partial charge in [-0.25, -0.2) is 0 Å². The van der Waals surface area contributed by atoms with Gasteiger partial charge in [-0.1, -0.05) is 30.3 Å². The Labute approximate surface area is 107 Å². The Hall–Kier alpha value is -1.61. The third-order valence-corrected chi connectivity index (χ3v) is 3.16. The van der Waals surface area contributed by atoms with Crippen molar-refractivity contribution in [3.8, 4) is 0 Å². The van der Waals surface area contributed by atoms with E-state index >= 15 is 0 Å². The Balaban J connectivity index is 2.49. The van der Waals surface area contributed by atoms with Gasteiger partial charge in [-0.15, -0.1) is 0 Å². The molecule has 18 heavy (non-hydrogen) atoms. The zero-order chi connectivity index (χ0) is 13.3. The molecule has 0 spiro atoms. The fourth-order valence-corrected chi connectivity index (χ4v) is 2.32.